The number of rotatable bonds is 9. The summed E-state index contributed by atoms with van der Waals surface area (Å²) in [5, 5.41) is 14.5. The Bertz CT molecular complexity index is 305. The molecule has 3 N–H and O–H groups in total. The third kappa shape index (κ3) is 8.77. The van der Waals surface area contributed by atoms with Crippen LogP contribution in [-0.2, 0) is 4.79 Å². The van der Waals surface area contributed by atoms with E-state index in [2.05, 4.69) is 31.4 Å². The van der Waals surface area contributed by atoms with E-state index in [0.717, 1.165) is 12.8 Å². The monoisotopic (exact) mass is 286 g/mol. The molecule has 0 aliphatic heterocycles. The molecular weight excluding hydrogens is 256 g/mol. The van der Waals surface area contributed by atoms with Gasteiger partial charge in [-0.2, -0.15) is 0 Å². The van der Waals surface area contributed by atoms with Gasteiger partial charge in [0, 0.05) is 12.6 Å². The van der Waals surface area contributed by atoms with Crippen molar-refractivity contribution in [2.24, 2.45) is 17.8 Å². The first-order valence-corrected chi connectivity index (χ1v) is 7.51. The number of carbonyl (C=O) groups is 2. The molecular formula is C15H30N2O3. The Balaban J connectivity index is 3.77. The topological polar surface area (TPSA) is 78.4 Å². The molecule has 0 aromatic rings. The van der Waals surface area contributed by atoms with Crippen molar-refractivity contribution >= 4 is 12.0 Å². The normalized spacial score (nSPS) is 15.5. The molecule has 0 bridgehead atoms. The highest BCUT2D eigenvalue weighted by molar-refractivity contribution is 5.74. The maximum Gasteiger partial charge on any atom is 0.315 e. The number of carboxylic acid groups (broad SMARTS) is 1. The van der Waals surface area contributed by atoms with Gasteiger partial charge in [0.05, 0.1) is 5.92 Å². The van der Waals surface area contributed by atoms with Crippen molar-refractivity contribution in [1.82, 2.24) is 10.6 Å². The Hall–Kier alpha value is -1.26. The maximum atomic E-state index is 11.7. The van der Waals surface area contributed by atoms with E-state index in [0.29, 0.717) is 24.8 Å². The molecule has 2 amide bonds. The molecule has 5 heteroatoms. The largest absolute Gasteiger partial charge is 0.481 e. The van der Waals surface area contributed by atoms with E-state index in [4.69, 9.17) is 5.11 Å². The zero-order valence-electron chi connectivity index (χ0n) is 13.4. The molecule has 5 nitrogen and oxygen atoms in total. The number of aliphatic carboxylic acids is 1. The smallest absolute Gasteiger partial charge is 0.315 e. The molecule has 0 aliphatic carbocycles. The second-order valence-electron chi connectivity index (χ2n) is 6.15. The summed E-state index contributed by atoms with van der Waals surface area (Å²) in [6.45, 7) is 10.7. The standard InChI is InChI=1S/C15H30N2O3/c1-10(2)12(4)9-16-15(20)17-13(5)8-6-7-11(3)14(18)19/h10-13H,6-9H2,1-5H3,(H,18,19)(H2,16,17,20). The van der Waals surface area contributed by atoms with Gasteiger partial charge >= 0.3 is 12.0 Å². The predicted molar refractivity (Wildman–Crippen MR) is 80.6 cm³/mol. The van der Waals surface area contributed by atoms with Crippen LogP contribution in [0.4, 0.5) is 4.79 Å². The Labute approximate surface area is 122 Å². The molecule has 0 saturated heterocycles. The van der Waals surface area contributed by atoms with Crippen molar-refractivity contribution < 1.29 is 14.7 Å². The summed E-state index contributed by atoms with van der Waals surface area (Å²) in [6.07, 6.45) is 2.25. The van der Waals surface area contributed by atoms with Crippen LogP contribution in [0.1, 0.15) is 53.9 Å². The van der Waals surface area contributed by atoms with E-state index in [1.54, 1.807) is 6.92 Å². The van der Waals surface area contributed by atoms with E-state index in [1.807, 2.05) is 6.92 Å². The van der Waals surface area contributed by atoms with E-state index < -0.39 is 5.97 Å². The van der Waals surface area contributed by atoms with Gasteiger partial charge in [-0.05, 0) is 31.6 Å². The van der Waals surface area contributed by atoms with Gasteiger partial charge < -0.3 is 15.7 Å². The quantitative estimate of drug-likeness (QED) is 0.610. The number of hydrogen-bond acceptors (Lipinski definition) is 2. The molecule has 0 fully saturated rings. The second kappa shape index (κ2) is 9.61. The molecule has 0 aromatic heterocycles. The van der Waals surface area contributed by atoms with E-state index in [-0.39, 0.29) is 18.0 Å². The first-order chi connectivity index (χ1) is 9.23. The van der Waals surface area contributed by atoms with E-state index in [9.17, 15) is 9.59 Å². The summed E-state index contributed by atoms with van der Waals surface area (Å²) in [4.78, 5) is 22.3. The number of nitrogens with one attached hydrogen (secondary N) is 2. The van der Waals surface area contributed by atoms with Crippen molar-refractivity contribution in [1.29, 1.82) is 0 Å². The lowest BCUT2D eigenvalue weighted by Crippen LogP contribution is -2.42. The number of urea groups is 1. The second-order valence-corrected chi connectivity index (χ2v) is 6.15. The van der Waals surface area contributed by atoms with Gasteiger partial charge in [-0.1, -0.05) is 34.1 Å². The molecule has 0 aromatic carbocycles. The minimum Gasteiger partial charge on any atom is -0.481 e. The van der Waals surface area contributed by atoms with Crippen LogP contribution < -0.4 is 10.6 Å². The minimum absolute atomic E-state index is 0.0605. The number of hydrogen-bond donors (Lipinski definition) is 3. The Morgan fingerprint density at radius 2 is 1.65 bits per heavy atom. The summed E-state index contributed by atoms with van der Waals surface area (Å²) in [5.41, 5.74) is 0. The summed E-state index contributed by atoms with van der Waals surface area (Å²) in [7, 11) is 0. The van der Waals surface area contributed by atoms with Crippen LogP contribution >= 0.6 is 0 Å². The highest BCUT2D eigenvalue weighted by Gasteiger charge is 2.13. The molecule has 0 spiro atoms. The average Bonchev–Trinajstić information content (AvgIpc) is 2.35. The van der Waals surface area contributed by atoms with E-state index >= 15 is 0 Å². The van der Waals surface area contributed by atoms with Crippen LogP contribution in [0.5, 0.6) is 0 Å². The Morgan fingerprint density at radius 3 is 2.15 bits per heavy atom. The summed E-state index contributed by atoms with van der Waals surface area (Å²) < 4.78 is 0. The van der Waals surface area contributed by atoms with Gasteiger partial charge in [-0.15, -0.1) is 0 Å². The van der Waals surface area contributed by atoms with Gasteiger partial charge in [0.25, 0.3) is 0 Å². The lowest BCUT2D eigenvalue weighted by Gasteiger charge is -2.19. The van der Waals surface area contributed by atoms with Gasteiger partial charge in [-0.3, -0.25) is 4.79 Å². The fourth-order valence-corrected chi connectivity index (χ4v) is 1.69. The highest BCUT2D eigenvalue weighted by Crippen LogP contribution is 2.10. The first kappa shape index (κ1) is 18.7. The van der Waals surface area contributed by atoms with E-state index in [1.165, 1.54) is 0 Å². The van der Waals surface area contributed by atoms with Crippen LogP contribution in [0.25, 0.3) is 0 Å². The third-order valence-corrected chi connectivity index (χ3v) is 3.80. The molecule has 0 aliphatic rings. The predicted octanol–water partition coefficient (Wildman–Crippen LogP) is 2.86. The van der Waals surface area contributed by atoms with Crippen molar-refractivity contribution in [3.05, 3.63) is 0 Å². The fourth-order valence-electron chi connectivity index (χ4n) is 1.69. The van der Waals surface area contributed by atoms with Gasteiger partial charge in [0.1, 0.15) is 0 Å². The molecule has 20 heavy (non-hydrogen) atoms. The fraction of sp³-hybridized carbons (Fsp3) is 0.867. The molecule has 0 radical (unpaired) electrons. The van der Waals surface area contributed by atoms with Crippen LogP contribution in [-0.4, -0.2) is 29.7 Å². The summed E-state index contributed by atoms with van der Waals surface area (Å²) >= 11 is 0. The minimum atomic E-state index is -0.758. The van der Waals surface area contributed by atoms with Crippen LogP contribution in [0.3, 0.4) is 0 Å². The number of carboxylic acids is 1. The van der Waals surface area contributed by atoms with Crippen molar-refractivity contribution in [3.8, 4) is 0 Å². The zero-order chi connectivity index (χ0) is 15.7. The van der Waals surface area contributed by atoms with Gasteiger partial charge in [0.2, 0.25) is 0 Å². The lowest BCUT2D eigenvalue weighted by atomic mass is 9.98. The third-order valence-electron chi connectivity index (χ3n) is 3.80. The molecule has 0 saturated carbocycles. The Kier molecular flexibility index (Phi) is 9.01. The molecule has 118 valence electrons. The molecule has 3 unspecified atom stereocenters. The number of amides is 2. The van der Waals surface area contributed by atoms with Crippen LogP contribution in [0.15, 0.2) is 0 Å². The average molecular weight is 286 g/mol. The molecule has 0 rings (SSSR count). The van der Waals surface area contributed by atoms with Crippen LogP contribution in [0, 0.1) is 17.8 Å². The highest BCUT2D eigenvalue weighted by atomic mass is 16.4. The summed E-state index contributed by atoms with van der Waals surface area (Å²) in [6, 6.07) is -0.0818. The molecule has 0 heterocycles. The molecule has 3 atom stereocenters. The van der Waals surface area contributed by atoms with Gasteiger partial charge in [-0.25, -0.2) is 4.79 Å². The maximum absolute atomic E-state index is 11.7. The lowest BCUT2D eigenvalue weighted by molar-refractivity contribution is -0.141. The zero-order valence-corrected chi connectivity index (χ0v) is 13.4. The SMILES string of the molecule is CC(CCCC(C)C(=O)O)NC(=O)NCC(C)C(C)C. The van der Waals surface area contributed by atoms with Crippen molar-refractivity contribution in [2.75, 3.05) is 6.54 Å². The Morgan fingerprint density at radius 1 is 1.05 bits per heavy atom. The summed E-state index contributed by atoms with van der Waals surface area (Å²) in [5.74, 6) is -0.0772. The van der Waals surface area contributed by atoms with Crippen LogP contribution in [0.2, 0.25) is 0 Å². The number of carbonyl (C=O) groups excluding carboxylic acids is 1. The first-order valence-electron chi connectivity index (χ1n) is 7.51. The van der Waals surface area contributed by atoms with Crippen molar-refractivity contribution in [2.45, 2.75) is 59.9 Å². The van der Waals surface area contributed by atoms with Crippen molar-refractivity contribution in [3.63, 3.8) is 0 Å². The van der Waals surface area contributed by atoms with Gasteiger partial charge in [0.15, 0.2) is 0 Å².